The molecule has 0 saturated carbocycles. The van der Waals surface area contributed by atoms with Crippen LogP contribution in [-0.4, -0.2) is 30.4 Å². The monoisotopic (exact) mass is 444 g/mol. The molecular formula is C23H19ClF2N2O3. The van der Waals surface area contributed by atoms with Crippen LogP contribution in [0.15, 0.2) is 66.7 Å². The Balaban J connectivity index is 1.85. The largest absolute Gasteiger partial charge is 0.497 e. The standard InChI is InChI=1S/C23H19ClF2N2O3/c1-31-18-10-8-15(9-11-18)23(30)28(13-19-20(25)6-3-7-21(19)26)14-22(29)27-17-5-2-4-16(24)12-17/h2-12H,13-14H2,1H3,(H,27,29). The molecule has 3 aromatic rings. The Hall–Kier alpha value is -3.45. The van der Waals surface area contributed by atoms with Gasteiger partial charge in [0.15, 0.2) is 0 Å². The van der Waals surface area contributed by atoms with Gasteiger partial charge in [0.05, 0.1) is 13.7 Å². The van der Waals surface area contributed by atoms with Crippen molar-refractivity contribution in [3.63, 3.8) is 0 Å². The van der Waals surface area contributed by atoms with Gasteiger partial charge in [0.2, 0.25) is 5.91 Å². The highest BCUT2D eigenvalue weighted by molar-refractivity contribution is 6.30. The molecule has 0 spiro atoms. The molecule has 5 nitrogen and oxygen atoms in total. The minimum absolute atomic E-state index is 0.244. The second-order valence-corrected chi connectivity index (χ2v) is 7.08. The molecule has 0 unspecified atom stereocenters. The quantitative estimate of drug-likeness (QED) is 0.563. The highest BCUT2D eigenvalue weighted by Crippen LogP contribution is 2.19. The van der Waals surface area contributed by atoms with Gasteiger partial charge in [-0.15, -0.1) is 0 Å². The Morgan fingerprint density at radius 3 is 2.26 bits per heavy atom. The fourth-order valence-corrected chi connectivity index (χ4v) is 3.12. The van der Waals surface area contributed by atoms with Crippen LogP contribution >= 0.6 is 11.6 Å². The van der Waals surface area contributed by atoms with E-state index in [9.17, 15) is 18.4 Å². The van der Waals surface area contributed by atoms with Crippen molar-refractivity contribution in [2.75, 3.05) is 19.0 Å². The highest BCUT2D eigenvalue weighted by Gasteiger charge is 2.22. The lowest BCUT2D eigenvalue weighted by Gasteiger charge is -2.23. The molecular weight excluding hydrogens is 426 g/mol. The lowest BCUT2D eigenvalue weighted by Crippen LogP contribution is -2.38. The Labute approximate surface area is 183 Å². The molecule has 3 rings (SSSR count). The van der Waals surface area contributed by atoms with E-state index < -0.39 is 36.5 Å². The number of ether oxygens (including phenoxy) is 1. The first-order valence-corrected chi connectivity index (χ1v) is 9.67. The normalized spacial score (nSPS) is 10.5. The van der Waals surface area contributed by atoms with E-state index in [0.717, 1.165) is 17.0 Å². The second-order valence-electron chi connectivity index (χ2n) is 6.65. The maximum absolute atomic E-state index is 14.2. The number of anilines is 1. The molecule has 0 aromatic heterocycles. The van der Waals surface area contributed by atoms with E-state index in [1.165, 1.54) is 25.3 Å². The van der Waals surface area contributed by atoms with Gasteiger partial charge in [0.1, 0.15) is 23.9 Å². The summed E-state index contributed by atoms with van der Waals surface area (Å²) < 4.78 is 33.5. The Morgan fingerprint density at radius 2 is 1.65 bits per heavy atom. The van der Waals surface area contributed by atoms with Gasteiger partial charge in [-0.25, -0.2) is 8.78 Å². The number of rotatable bonds is 7. The van der Waals surface area contributed by atoms with Crippen LogP contribution in [0.4, 0.5) is 14.5 Å². The van der Waals surface area contributed by atoms with Gasteiger partial charge < -0.3 is 15.0 Å². The van der Waals surface area contributed by atoms with Gasteiger partial charge in [-0.3, -0.25) is 9.59 Å². The SMILES string of the molecule is COc1ccc(C(=O)N(CC(=O)Nc2cccc(Cl)c2)Cc2c(F)cccc2F)cc1. The van der Waals surface area contributed by atoms with Crippen LogP contribution in [0.1, 0.15) is 15.9 Å². The van der Waals surface area contributed by atoms with E-state index >= 15 is 0 Å². The van der Waals surface area contributed by atoms with Crippen LogP contribution in [0.3, 0.4) is 0 Å². The summed E-state index contributed by atoms with van der Waals surface area (Å²) in [6, 6.07) is 16.1. The van der Waals surface area contributed by atoms with Crippen molar-refractivity contribution >= 4 is 29.1 Å². The predicted molar refractivity (Wildman–Crippen MR) is 114 cm³/mol. The summed E-state index contributed by atoms with van der Waals surface area (Å²) in [5.41, 5.74) is 0.374. The predicted octanol–water partition coefficient (Wildman–Crippen LogP) is 4.91. The molecule has 160 valence electrons. The summed E-state index contributed by atoms with van der Waals surface area (Å²) in [6.45, 7) is -0.850. The van der Waals surface area contributed by atoms with Crippen LogP contribution in [0.25, 0.3) is 0 Å². The molecule has 2 amide bonds. The molecule has 3 aromatic carbocycles. The molecule has 0 heterocycles. The third kappa shape index (κ3) is 5.79. The van der Waals surface area contributed by atoms with Crippen LogP contribution in [0, 0.1) is 11.6 Å². The molecule has 0 aliphatic rings. The third-order valence-corrected chi connectivity index (χ3v) is 4.71. The summed E-state index contributed by atoms with van der Waals surface area (Å²) in [5.74, 6) is -2.17. The number of nitrogens with one attached hydrogen (secondary N) is 1. The van der Waals surface area contributed by atoms with Crippen LogP contribution in [-0.2, 0) is 11.3 Å². The van der Waals surface area contributed by atoms with E-state index in [-0.39, 0.29) is 11.1 Å². The average molecular weight is 445 g/mol. The molecule has 8 heteroatoms. The first-order valence-electron chi connectivity index (χ1n) is 9.29. The third-order valence-electron chi connectivity index (χ3n) is 4.48. The average Bonchev–Trinajstić information content (AvgIpc) is 2.75. The molecule has 0 atom stereocenters. The first-order chi connectivity index (χ1) is 14.9. The van der Waals surface area contributed by atoms with Crippen molar-refractivity contribution in [2.24, 2.45) is 0 Å². The highest BCUT2D eigenvalue weighted by atomic mass is 35.5. The number of amides is 2. The number of nitrogens with zero attached hydrogens (tertiary/aromatic N) is 1. The zero-order valence-corrected chi connectivity index (χ0v) is 17.3. The van der Waals surface area contributed by atoms with Gasteiger partial charge in [-0.05, 0) is 54.6 Å². The van der Waals surface area contributed by atoms with Gasteiger partial charge in [0.25, 0.3) is 5.91 Å². The lowest BCUT2D eigenvalue weighted by atomic mass is 10.1. The minimum atomic E-state index is -0.803. The smallest absolute Gasteiger partial charge is 0.254 e. The summed E-state index contributed by atoms with van der Waals surface area (Å²) >= 11 is 5.92. The molecule has 0 bridgehead atoms. The van der Waals surface area contributed by atoms with Crippen molar-refractivity contribution in [3.8, 4) is 5.75 Å². The Bertz CT molecular complexity index is 1070. The van der Waals surface area contributed by atoms with Gasteiger partial charge in [-0.2, -0.15) is 0 Å². The molecule has 0 aliphatic carbocycles. The molecule has 31 heavy (non-hydrogen) atoms. The molecule has 0 saturated heterocycles. The van der Waals surface area contributed by atoms with E-state index in [1.54, 1.807) is 36.4 Å². The van der Waals surface area contributed by atoms with Crippen molar-refractivity contribution in [3.05, 3.63) is 94.5 Å². The first kappa shape index (κ1) is 22.2. The number of halogens is 3. The molecule has 0 aliphatic heterocycles. The number of carbonyl (C=O) groups excluding carboxylic acids is 2. The van der Waals surface area contributed by atoms with Gasteiger partial charge in [0, 0.05) is 21.8 Å². The van der Waals surface area contributed by atoms with E-state index in [2.05, 4.69) is 5.32 Å². The van der Waals surface area contributed by atoms with Crippen LogP contribution < -0.4 is 10.1 Å². The number of hydrogen-bond donors (Lipinski definition) is 1. The summed E-state index contributed by atoms with van der Waals surface area (Å²) in [4.78, 5) is 26.7. The zero-order valence-electron chi connectivity index (χ0n) is 16.6. The zero-order chi connectivity index (χ0) is 22.4. The lowest BCUT2D eigenvalue weighted by molar-refractivity contribution is -0.117. The molecule has 0 fully saturated rings. The van der Waals surface area contributed by atoms with E-state index in [1.807, 2.05) is 0 Å². The maximum atomic E-state index is 14.2. The van der Waals surface area contributed by atoms with Crippen LogP contribution in [0.2, 0.25) is 5.02 Å². The van der Waals surface area contributed by atoms with Crippen LogP contribution in [0.5, 0.6) is 5.75 Å². The minimum Gasteiger partial charge on any atom is -0.497 e. The summed E-state index contributed by atoms with van der Waals surface area (Å²) in [5, 5.41) is 3.06. The van der Waals surface area contributed by atoms with Crippen molar-refractivity contribution < 1.29 is 23.1 Å². The number of benzene rings is 3. The fourth-order valence-electron chi connectivity index (χ4n) is 2.93. The van der Waals surface area contributed by atoms with Crippen molar-refractivity contribution in [2.45, 2.75) is 6.54 Å². The van der Waals surface area contributed by atoms with Crippen molar-refractivity contribution in [1.29, 1.82) is 0 Å². The van der Waals surface area contributed by atoms with E-state index in [4.69, 9.17) is 16.3 Å². The molecule has 1 N–H and O–H groups in total. The van der Waals surface area contributed by atoms with Crippen molar-refractivity contribution in [1.82, 2.24) is 4.90 Å². The number of hydrogen-bond acceptors (Lipinski definition) is 3. The topological polar surface area (TPSA) is 58.6 Å². The number of methoxy groups -OCH3 is 1. The van der Waals surface area contributed by atoms with E-state index in [0.29, 0.717) is 16.5 Å². The maximum Gasteiger partial charge on any atom is 0.254 e. The Kier molecular flexibility index (Phi) is 7.20. The fraction of sp³-hybridized carbons (Fsp3) is 0.130. The summed E-state index contributed by atoms with van der Waals surface area (Å²) in [7, 11) is 1.49. The Morgan fingerprint density at radius 1 is 1.00 bits per heavy atom. The molecule has 0 radical (unpaired) electrons. The second kappa shape index (κ2) is 10.0. The number of carbonyl (C=O) groups is 2. The summed E-state index contributed by atoms with van der Waals surface area (Å²) in [6.07, 6.45) is 0. The van der Waals surface area contributed by atoms with Gasteiger partial charge in [-0.1, -0.05) is 23.7 Å². The van der Waals surface area contributed by atoms with Gasteiger partial charge >= 0.3 is 0 Å².